The molecule has 1 amide bonds. The lowest BCUT2D eigenvalue weighted by molar-refractivity contribution is -0.124. The summed E-state index contributed by atoms with van der Waals surface area (Å²) in [4.78, 5) is 12.1. The molecule has 1 aromatic carbocycles. The minimum Gasteiger partial charge on any atom is -0.382 e. The van der Waals surface area contributed by atoms with Crippen molar-refractivity contribution in [3.63, 3.8) is 0 Å². The minimum atomic E-state index is -0.179. The highest BCUT2D eigenvalue weighted by Crippen LogP contribution is 2.07. The maximum absolute atomic E-state index is 12.1. The lowest BCUT2D eigenvalue weighted by Crippen LogP contribution is -2.37. The third kappa shape index (κ3) is 7.80. The van der Waals surface area contributed by atoms with Crippen LogP contribution < -0.4 is 11.1 Å². The molecule has 1 unspecified atom stereocenters. The number of hydrogen-bond acceptors (Lipinski definition) is 4. The average Bonchev–Trinajstić information content (AvgIpc) is 2.52. The molecule has 0 aliphatic heterocycles. The Morgan fingerprint density at radius 1 is 1.24 bits per heavy atom. The van der Waals surface area contributed by atoms with E-state index in [0.29, 0.717) is 39.3 Å². The molecule has 5 nitrogen and oxygen atoms in total. The van der Waals surface area contributed by atoms with E-state index >= 15 is 0 Å². The van der Waals surface area contributed by atoms with Gasteiger partial charge in [0.1, 0.15) is 0 Å². The normalized spacial score (nSPS) is 12.1. The maximum atomic E-state index is 12.1. The van der Waals surface area contributed by atoms with Crippen molar-refractivity contribution in [3.05, 3.63) is 35.9 Å². The van der Waals surface area contributed by atoms with Gasteiger partial charge in [0.2, 0.25) is 5.91 Å². The first-order valence-corrected chi connectivity index (χ1v) is 7.36. The van der Waals surface area contributed by atoms with Crippen LogP contribution in [0, 0.1) is 5.92 Å². The zero-order valence-electron chi connectivity index (χ0n) is 12.7. The van der Waals surface area contributed by atoms with Gasteiger partial charge in [-0.25, -0.2) is 0 Å². The second kappa shape index (κ2) is 11.3. The summed E-state index contributed by atoms with van der Waals surface area (Å²) in [5, 5.41) is 2.91. The smallest absolute Gasteiger partial charge is 0.224 e. The van der Waals surface area contributed by atoms with Crippen LogP contribution in [0.25, 0.3) is 0 Å². The number of ether oxygens (including phenoxy) is 2. The Kier molecular flexibility index (Phi) is 9.44. The highest BCUT2D eigenvalue weighted by Gasteiger charge is 2.16. The molecule has 1 rings (SSSR count). The highest BCUT2D eigenvalue weighted by atomic mass is 16.5. The van der Waals surface area contributed by atoms with Gasteiger partial charge in [0.15, 0.2) is 0 Å². The molecule has 0 heterocycles. The number of benzene rings is 1. The predicted molar refractivity (Wildman–Crippen MR) is 83.0 cm³/mol. The van der Waals surface area contributed by atoms with Crippen LogP contribution in [0.2, 0.25) is 0 Å². The number of rotatable bonds is 11. The summed E-state index contributed by atoms with van der Waals surface area (Å²) in [7, 11) is 1.64. The first kappa shape index (κ1) is 17.6. The molecule has 0 aromatic heterocycles. The van der Waals surface area contributed by atoms with Crippen molar-refractivity contribution < 1.29 is 14.3 Å². The third-order valence-electron chi connectivity index (χ3n) is 3.18. The molecule has 1 atom stereocenters. The third-order valence-corrected chi connectivity index (χ3v) is 3.18. The van der Waals surface area contributed by atoms with Crippen molar-refractivity contribution in [3.8, 4) is 0 Å². The second-order valence-corrected chi connectivity index (χ2v) is 4.87. The van der Waals surface area contributed by atoms with Crippen LogP contribution in [0.3, 0.4) is 0 Å². The Morgan fingerprint density at radius 2 is 2.00 bits per heavy atom. The Hall–Kier alpha value is -1.43. The summed E-state index contributed by atoms with van der Waals surface area (Å²) in [6.07, 6.45) is 1.46. The summed E-state index contributed by atoms with van der Waals surface area (Å²) in [6.45, 7) is 2.76. The quantitative estimate of drug-likeness (QED) is 0.597. The van der Waals surface area contributed by atoms with Crippen LogP contribution in [0.5, 0.6) is 0 Å². The number of hydrogen-bond donors (Lipinski definition) is 2. The maximum Gasteiger partial charge on any atom is 0.224 e. The molecule has 3 N–H and O–H groups in total. The molecular weight excluding hydrogens is 268 g/mol. The van der Waals surface area contributed by atoms with Crippen LogP contribution >= 0.6 is 0 Å². The van der Waals surface area contributed by atoms with Crippen LogP contribution in [0.1, 0.15) is 12.0 Å². The summed E-state index contributed by atoms with van der Waals surface area (Å²) >= 11 is 0. The first-order valence-electron chi connectivity index (χ1n) is 7.36. The zero-order valence-corrected chi connectivity index (χ0v) is 12.7. The van der Waals surface area contributed by atoms with E-state index in [4.69, 9.17) is 15.2 Å². The van der Waals surface area contributed by atoms with Crippen LogP contribution in [-0.4, -0.2) is 45.9 Å². The standard InChI is InChI=1S/C16H26N2O3/c1-20-10-11-21-9-5-8-18-16(19)15(13-17)12-14-6-3-2-4-7-14/h2-4,6-7,15H,5,8-13,17H2,1H3,(H,18,19). The number of amides is 1. The number of nitrogens with two attached hydrogens (primary N) is 1. The molecule has 0 aliphatic carbocycles. The van der Waals surface area contributed by atoms with Crippen molar-refractivity contribution >= 4 is 5.91 Å². The molecule has 21 heavy (non-hydrogen) atoms. The number of methoxy groups -OCH3 is 1. The van der Waals surface area contributed by atoms with E-state index in [0.717, 1.165) is 12.0 Å². The fourth-order valence-electron chi connectivity index (χ4n) is 1.96. The Bertz CT molecular complexity index is 384. The molecule has 0 bridgehead atoms. The van der Waals surface area contributed by atoms with E-state index in [-0.39, 0.29) is 11.8 Å². The Morgan fingerprint density at radius 3 is 2.67 bits per heavy atom. The molecule has 5 heteroatoms. The van der Waals surface area contributed by atoms with Gasteiger partial charge in [-0.3, -0.25) is 4.79 Å². The SMILES string of the molecule is COCCOCCCNC(=O)C(CN)Cc1ccccc1. The molecule has 0 saturated carbocycles. The molecule has 0 saturated heterocycles. The molecule has 0 aliphatic rings. The van der Waals surface area contributed by atoms with E-state index < -0.39 is 0 Å². The van der Waals surface area contributed by atoms with Gasteiger partial charge in [-0.15, -0.1) is 0 Å². The van der Waals surface area contributed by atoms with Crippen molar-refractivity contribution in [2.75, 3.05) is 40.0 Å². The summed E-state index contributed by atoms with van der Waals surface area (Å²) in [5.74, 6) is -0.167. The van der Waals surface area contributed by atoms with Crippen molar-refractivity contribution in [2.24, 2.45) is 11.7 Å². The minimum absolute atomic E-state index is 0.0123. The Labute approximate surface area is 126 Å². The lowest BCUT2D eigenvalue weighted by atomic mass is 9.98. The topological polar surface area (TPSA) is 73.6 Å². The first-order chi connectivity index (χ1) is 10.3. The fraction of sp³-hybridized carbons (Fsp3) is 0.562. The van der Waals surface area contributed by atoms with E-state index in [1.165, 1.54) is 0 Å². The highest BCUT2D eigenvalue weighted by molar-refractivity contribution is 5.79. The monoisotopic (exact) mass is 294 g/mol. The van der Waals surface area contributed by atoms with Crippen LogP contribution in [0.4, 0.5) is 0 Å². The number of carbonyl (C=O) groups excluding carboxylic acids is 1. The fourth-order valence-corrected chi connectivity index (χ4v) is 1.96. The van der Waals surface area contributed by atoms with Crippen molar-refractivity contribution in [2.45, 2.75) is 12.8 Å². The van der Waals surface area contributed by atoms with Gasteiger partial charge >= 0.3 is 0 Å². The van der Waals surface area contributed by atoms with Gasteiger partial charge in [0.05, 0.1) is 19.1 Å². The molecule has 1 aromatic rings. The number of nitrogens with one attached hydrogen (secondary N) is 1. The molecule has 0 radical (unpaired) electrons. The summed E-state index contributed by atoms with van der Waals surface area (Å²) in [5.41, 5.74) is 6.84. The Balaban J connectivity index is 2.19. The van der Waals surface area contributed by atoms with Crippen molar-refractivity contribution in [1.82, 2.24) is 5.32 Å². The predicted octanol–water partition coefficient (Wildman–Crippen LogP) is 0.973. The van der Waals surface area contributed by atoms with Gasteiger partial charge in [-0.05, 0) is 18.4 Å². The molecule has 0 spiro atoms. The molecule has 0 fully saturated rings. The summed E-state index contributed by atoms with van der Waals surface area (Å²) in [6, 6.07) is 9.93. The second-order valence-electron chi connectivity index (χ2n) is 4.87. The van der Waals surface area contributed by atoms with E-state index in [1.807, 2.05) is 30.3 Å². The van der Waals surface area contributed by atoms with E-state index in [1.54, 1.807) is 7.11 Å². The van der Waals surface area contributed by atoms with E-state index in [2.05, 4.69) is 5.32 Å². The van der Waals surface area contributed by atoms with Crippen LogP contribution in [0.15, 0.2) is 30.3 Å². The van der Waals surface area contributed by atoms with Crippen LogP contribution in [-0.2, 0) is 20.7 Å². The number of carbonyl (C=O) groups is 1. The molecule has 118 valence electrons. The van der Waals surface area contributed by atoms with Gasteiger partial charge in [-0.2, -0.15) is 0 Å². The van der Waals surface area contributed by atoms with Crippen molar-refractivity contribution in [1.29, 1.82) is 0 Å². The van der Waals surface area contributed by atoms with Gasteiger partial charge in [-0.1, -0.05) is 30.3 Å². The van der Waals surface area contributed by atoms with E-state index in [9.17, 15) is 4.79 Å². The van der Waals surface area contributed by atoms with Gasteiger partial charge < -0.3 is 20.5 Å². The average molecular weight is 294 g/mol. The zero-order chi connectivity index (χ0) is 15.3. The van der Waals surface area contributed by atoms with Gasteiger partial charge in [0, 0.05) is 26.8 Å². The largest absolute Gasteiger partial charge is 0.382 e. The van der Waals surface area contributed by atoms with Gasteiger partial charge in [0.25, 0.3) is 0 Å². The molecular formula is C16H26N2O3. The summed E-state index contributed by atoms with van der Waals surface area (Å²) < 4.78 is 10.2. The lowest BCUT2D eigenvalue weighted by Gasteiger charge is -2.15.